The molecule has 86 valence electrons. The van der Waals surface area contributed by atoms with Gasteiger partial charge in [-0.15, -0.1) is 0 Å². The Kier molecular flexibility index (Phi) is 3.20. The van der Waals surface area contributed by atoms with E-state index in [0.717, 1.165) is 37.0 Å². The molecule has 0 bridgehead atoms. The summed E-state index contributed by atoms with van der Waals surface area (Å²) in [5, 5.41) is -0.227. The maximum Gasteiger partial charge on any atom is 0.232 e. The smallest absolute Gasteiger partial charge is 0.232 e. The summed E-state index contributed by atoms with van der Waals surface area (Å²) in [5.41, 5.74) is 0.569. The predicted molar refractivity (Wildman–Crippen MR) is 64.0 cm³/mol. The number of hydrogen-bond acceptors (Lipinski definition) is 2. The van der Waals surface area contributed by atoms with Gasteiger partial charge in [-0.2, -0.15) is 0 Å². The molecule has 1 aliphatic rings. The highest BCUT2D eigenvalue weighted by Crippen LogP contribution is 2.43. The molecule has 1 aromatic rings. The Morgan fingerprint density at radius 1 is 1.25 bits per heavy atom. The molecule has 0 radical (unpaired) electrons. The Morgan fingerprint density at radius 2 is 1.81 bits per heavy atom. The van der Waals surface area contributed by atoms with Crippen molar-refractivity contribution in [2.75, 3.05) is 7.11 Å². The fourth-order valence-corrected chi connectivity index (χ4v) is 2.79. The second kappa shape index (κ2) is 4.46. The van der Waals surface area contributed by atoms with E-state index in [2.05, 4.69) is 0 Å². The maximum atomic E-state index is 11.7. The van der Waals surface area contributed by atoms with E-state index in [1.807, 2.05) is 24.3 Å². The monoisotopic (exact) mass is 238 g/mol. The van der Waals surface area contributed by atoms with Crippen molar-refractivity contribution < 1.29 is 9.53 Å². The molecule has 0 aliphatic heterocycles. The molecule has 3 heteroatoms. The lowest BCUT2D eigenvalue weighted by Crippen LogP contribution is -2.29. The van der Waals surface area contributed by atoms with Gasteiger partial charge < -0.3 is 4.74 Å². The summed E-state index contributed by atoms with van der Waals surface area (Å²) in [6, 6.07) is 7.67. The van der Waals surface area contributed by atoms with E-state index in [1.54, 1.807) is 7.11 Å². The molecule has 0 heterocycles. The third kappa shape index (κ3) is 1.82. The van der Waals surface area contributed by atoms with Gasteiger partial charge in [0.1, 0.15) is 5.75 Å². The van der Waals surface area contributed by atoms with Gasteiger partial charge in [0.15, 0.2) is 0 Å². The molecular weight excluding hydrogens is 224 g/mol. The molecule has 1 fully saturated rings. The van der Waals surface area contributed by atoms with Crippen LogP contribution in [-0.4, -0.2) is 12.4 Å². The first kappa shape index (κ1) is 11.5. The average molecular weight is 239 g/mol. The molecule has 2 rings (SSSR count). The average Bonchev–Trinajstić information content (AvgIpc) is 2.79. The minimum Gasteiger partial charge on any atom is -0.497 e. The van der Waals surface area contributed by atoms with Gasteiger partial charge >= 0.3 is 0 Å². The van der Waals surface area contributed by atoms with Crippen LogP contribution in [0, 0.1) is 0 Å². The number of rotatable bonds is 3. The second-order valence-electron chi connectivity index (χ2n) is 4.29. The molecule has 0 unspecified atom stereocenters. The largest absolute Gasteiger partial charge is 0.497 e. The van der Waals surface area contributed by atoms with Gasteiger partial charge in [-0.1, -0.05) is 25.0 Å². The molecule has 0 atom stereocenters. The fourth-order valence-electron chi connectivity index (χ4n) is 2.49. The van der Waals surface area contributed by atoms with Crippen LogP contribution in [0.25, 0.3) is 0 Å². The molecule has 0 N–H and O–H groups in total. The highest BCUT2D eigenvalue weighted by Gasteiger charge is 2.41. The van der Waals surface area contributed by atoms with E-state index in [4.69, 9.17) is 16.3 Å². The highest BCUT2D eigenvalue weighted by atomic mass is 35.5. The zero-order chi connectivity index (χ0) is 11.6. The van der Waals surface area contributed by atoms with Crippen molar-refractivity contribution in [3.63, 3.8) is 0 Å². The van der Waals surface area contributed by atoms with Crippen LogP contribution in [0.1, 0.15) is 31.2 Å². The van der Waals surface area contributed by atoms with Gasteiger partial charge in [0.2, 0.25) is 5.24 Å². The number of carbonyl (C=O) groups excluding carboxylic acids is 1. The van der Waals surface area contributed by atoms with Crippen LogP contribution in [0.4, 0.5) is 0 Å². The minimum atomic E-state index is -0.451. The standard InChI is InChI=1S/C13H15ClO2/c1-16-11-6-4-10(5-7-11)13(12(14)15)8-2-3-9-13/h4-7H,2-3,8-9H2,1H3. The van der Waals surface area contributed by atoms with E-state index in [9.17, 15) is 4.79 Å². The van der Waals surface area contributed by atoms with Crippen molar-refractivity contribution in [3.8, 4) is 5.75 Å². The Bertz CT molecular complexity index is 377. The molecule has 1 aromatic carbocycles. The van der Waals surface area contributed by atoms with Crippen LogP contribution in [0.2, 0.25) is 0 Å². The number of ether oxygens (including phenoxy) is 1. The summed E-state index contributed by atoms with van der Waals surface area (Å²) < 4.78 is 5.11. The van der Waals surface area contributed by atoms with Gasteiger partial charge in [0.05, 0.1) is 12.5 Å². The normalized spacial score (nSPS) is 18.4. The maximum absolute atomic E-state index is 11.7. The number of methoxy groups -OCH3 is 1. The Morgan fingerprint density at radius 3 is 2.25 bits per heavy atom. The van der Waals surface area contributed by atoms with Crippen molar-refractivity contribution in [2.24, 2.45) is 0 Å². The van der Waals surface area contributed by atoms with E-state index in [-0.39, 0.29) is 5.24 Å². The zero-order valence-corrected chi connectivity index (χ0v) is 10.1. The van der Waals surface area contributed by atoms with Gasteiger partial charge in [-0.25, -0.2) is 0 Å². The molecule has 0 amide bonds. The lowest BCUT2D eigenvalue weighted by atomic mass is 9.80. The minimum absolute atomic E-state index is 0.227. The summed E-state index contributed by atoms with van der Waals surface area (Å²) in [5.74, 6) is 0.805. The number of carbonyl (C=O) groups is 1. The molecule has 16 heavy (non-hydrogen) atoms. The summed E-state index contributed by atoms with van der Waals surface area (Å²) in [6.45, 7) is 0. The molecule has 2 nitrogen and oxygen atoms in total. The molecule has 0 aromatic heterocycles. The Balaban J connectivity index is 2.36. The molecule has 0 spiro atoms. The number of halogens is 1. The van der Waals surface area contributed by atoms with Crippen molar-refractivity contribution in [1.82, 2.24) is 0 Å². The lowest BCUT2D eigenvalue weighted by molar-refractivity contribution is -0.116. The van der Waals surface area contributed by atoms with E-state index >= 15 is 0 Å². The SMILES string of the molecule is COc1ccc(C2(C(=O)Cl)CCCC2)cc1. The summed E-state index contributed by atoms with van der Waals surface area (Å²) in [4.78, 5) is 11.7. The van der Waals surface area contributed by atoms with Crippen LogP contribution < -0.4 is 4.74 Å². The third-order valence-corrected chi connectivity index (χ3v) is 3.84. The van der Waals surface area contributed by atoms with Crippen LogP contribution in [-0.2, 0) is 10.2 Å². The molecular formula is C13H15ClO2. The number of benzene rings is 1. The summed E-state index contributed by atoms with van der Waals surface area (Å²) in [7, 11) is 1.63. The van der Waals surface area contributed by atoms with Crippen LogP contribution in [0.15, 0.2) is 24.3 Å². The first-order chi connectivity index (χ1) is 7.69. The Labute approximate surface area is 101 Å². The first-order valence-corrected chi connectivity index (χ1v) is 5.91. The third-order valence-electron chi connectivity index (χ3n) is 3.48. The second-order valence-corrected chi connectivity index (χ2v) is 4.63. The van der Waals surface area contributed by atoms with E-state index in [0.29, 0.717) is 0 Å². The quantitative estimate of drug-likeness (QED) is 0.756. The van der Waals surface area contributed by atoms with Crippen molar-refractivity contribution in [3.05, 3.63) is 29.8 Å². The van der Waals surface area contributed by atoms with Crippen LogP contribution >= 0.6 is 11.6 Å². The highest BCUT2D eigenvalue weighted by molar-refractivity contribution is 6.65. The van der Waals surface area contributed by atoms with Crippen LogP contribution in [0.3, 0.4) is 0 Å². The predicted octanol–water partition coefficient (Wildman–Crippen LogP) is 3.27. The van der Waals surface area contributed by atoms with Gasteiger partial charge in [-0.05, 0) is 42.1 Å². The topological polar surface area (TPSA) is 26.3 Å². The van der Waals surface area contributed by atoms with Gasteiger partial charge in [0, 0.05) is 0 Å². The molecule has 1 saturated carbocycles. The number of hydrogen-bond donors (Lipinski definition) is 0. The molecule has 0 saturated heterocycles. The summed E-state index contributed by atoms with van der Waals surface area (Å²) >= 11 is 5.78. The zero-order valence-electron chi connectivity index (χ0n) is 9.33. The first-order valence-electron chi connectivity index (χ1n) is 5.53. The van der Waals surface area contributed by atoms with Crippen molar-refractivity contribution in [1.29, 1.82) is 0 Å². The lowest BCUT2D eigenvalue weighted by Gasteiger charge is -2.24. The fraction of sp³-hybridized carbons (Fsp3) is 0.462. The Hall–Kier alpha value is -1.02. The summed E-state index contributed by atoms with van der Waals surface area (Å²) in [6.07, 6.45) is 3.87. The van der Waals surface area contributed by atoms with E-state index < -0.39 is 5.41 Å². The van der Waals surface area contributed by atoms with Gasteiger partial charge in [0.25, 0.3) is 0 Å². The van der Waals surface area contributed by atoms with Gasteiger partial charge in [-0.3, -0.25) is 4.79 Å². The van der Waals surface area contributed by atoms with Crippen molar-refractivity contribution in [2.45, 2.75) is 31.1 Å². The molecule has 1 aliphatic carbocycles. The van der Waals surface area contributed by atoms with Crippen LogP contribution in [0.5, 0.6) is 5.75 Å². The van der Waals surface area contributed by atoms with Crippen molar-refractivity contribution >= 4 is 16.8 Å². The van der Waals surface area contributed by atoms with E-state index in [1.165, 1.54) is 0 Å².